The Labute approximate surface area is 130 Å². The molecule has 4 nitrogen and oxygen atoms in total. The van der Waals surface area contributed by atoms with Crippen LogP contribution in [0.25, 0.3) is 0 Å². The fraction of sp³-hybridized carbons (Fsp3) is 0.562. The molecule has 1 aromatic carbocycles. The van der Waals surface area contributed by atoms with Gasteiger partial charge in [-0.3, -0.25) is 4.79 Å². The molecule has 2 atom stereocenters. The molecule has 2 N–H and O–H groups in total. The Balaban J connectivity index is 1.70. The summed E-state index contributed by atoms with van der Waals surface area (Å²) in [6.45, 7) is 3.57. The Kier molecular flexibility index (Phi) is 3.95. The van der Waals surface area contributed by atoms with Crippen molar-refractivity contribution in [1.82, 2.24) is 4.90 Å². The Morgan fingerprint density at radius 3 is 2.67 bits per heavy atom. The molecule has 1 amide bonds. The van der Waals surface area contributed by atoms with Crippen LogP contribution in [0.4, 0.5) is 0 Å². The van der Waals surface area contributed by atoms with Crippen LogP contribution >= 0.6 is 11.6 Å². The maximum Gasteiger partial charge on any atom is 0.242 e. The molecule has 1 aliphatic carbocycles. The van der Waals surface area contributed by atoms with Gasteiger partial charge in [0.05, 0.1) is 18.7 Å². The van der Waals surface area contributed by atoms with E-state index in [2.05, 4.69) is 0 Å². The molecule has 3 rings (SSSR count). The zero-order valence-electron chi connectivity index (χ0n) is 12.2. The van der Waals surface area contributed by atoms with Crippen molar-refractivity contribution < 1.29 is 9.53 Å². The third-order valence-corrected chi connectivity index (χ3v) is 4.73. The lowest BCUT2D eigenvalue weighted by Gasteiger charge is -2.37. The summed E-state index contributed by atoms with van der Waals surface area (Å²) in [6, 6.07) is 7.59. The van der Waals surface area contributed by atoms with Crippen molar-refractivity contribution in [3.05, 3.63) is 34.9 Å². The number of rotatable bonds is 3. The Morgan fingerprint density at radius 1 is 1.38 bits per heavy atom. The Morgan fingerprint density at radius 2 is 2.05 bits per heavy atom. The van der Waals surface area contributed by atoms with Crippen molar-refractivity contribution in [2.75, 3.05) is 19.7 Å². The molecule has 1 aliphatic heterocycles. The van der Waals surface area contributed by atoms with Crippen LogP contribution in [0.15, 0.2) is 24.3 Å². The molecule has 21 heavy (non-hydrogen) atoms. The summed E-state index contributed by atoms with van der Waals surface area (Å²) in [6.07, 6.45) is 2.02. The molecule has 1 aromatic rings. The molecule has 2 aliphatic rings. The number of benzene rings is 1. The molecule has 5 heteroatoms. The number of carbonyl (C=O) groups is 1. The van der Waals surface area contributed by atoms with Gasteiger partial charge in [-0.2, -0.15) is 0 Å². The van der Waals surface area contributed by atoms with Gasteiger partial charge in [-0.1, -0.05) is 23.7 Å². The van der Waals surface area contributed by atoms with Crippen LogP contribution in [0.3, 0.4) is 0 Å². The van der Waals surface area contributed by atoms with Crippen molar-refractivity contribution >= 4 is 17.5 Å². The third-order valence-electron chi connectivity index (χ3n) is 4.48. The maximum absolute atomic E-state index is 12.7. The number of morpholine rings is 1. The highest BCUT2D eigenvalue weighted by molar-refractivity contribution is 6.30. The molecule has 2 unspecified atom stereocenters. The van der Waals surface area contributed by atoms with E-state index in [1.165, 1.54) is 0 Å². The first kappa shape index (κ1) is 14.8. The standard InChI is InChI=1S/C16H21ClN2O2/c1-16(18,12-4-5-12)15(20)19-8-9-21-14(10-19)11-2-6-13(17)7-3-11/h2-3,6-7,12,14H,4-5,8-10,18H2,1H3. The molecule has 1 saturated carbocycles. The van der Waals surface area contributed by atoms with Crippen LogP contribution < -0.4 is 5.73 Å². The van der Waals surface area contributed by atoms with E-state index in [0.29, 0.717) is 30.6 Å². The van der Waals surface area contributed by atoms with Gasteiger partial charge in [0.15, 0.2) is 0 Å². The topological polar surface area (TPSA) is 55.6 Å². The van der Waals surface area contributed by atoms with Gasteiger partial charge in [-0.05, 0) is 43.4 Å². The molecular weight excluding hydrogens is 288 g/mol. The Hall–Kier alpha value is -1.10. The fourth-order valence-electron chi connectivity index (χ4n) is 2.91. The lowest BCUT2D eigenvalue weighted by molar-refractivity contribution is -0.145. The number of carbonyl (C=O) groups excluding carboxylic acids is 1. The van der Waals surface area contributed by atoms with E-state index in [0.717, 1.165) is 18.4 Å². The molecule has 114 valence electrons. The van der Waals surface area contributed by atoms with Gasteiger partial charge in [0, 0.05) is 11.6 Å². The average Bonchev–Trinajstić information content (AvgIpc) is 3.32. The van der Waals surface area contributed by atoms with Gasteiger partial charge in [-0.25, -0.2) is 0 Å². The van der Waals surface area contributed by atoms with Crippen LogP contribution in [0.1, 0.15) is 31.4 Å². The smallest absolute Gasteiger partial charge is 0.242 e. The largest absolute Gasteiger partial charge is 0.370 e. The van der Waals surface area contributed by atoms with E-state index >= 15 is 0 Å². The summed E-state index contributed by atoms with van der Waals surface area (Å²) < 4.78 is 5.80. The van der Waals surface area contributed by atoms with Crippen molar-refractivity contribution in [3.63, 3.8) is 0 Å². The predicted molar refractivity (Wildman–Crippen MR) is 82.0 cm³/mol. The molecular formula is C16H21ClN2O2. The summed E-state index contributed by atoms with van der Waals surface area (Å²) in [5.74, 6) is 0.383. The number of hydrogen-bond acceptors (Lipinski definition) is 3. The molecule has 0 radical (unpaired) electrons. The molecule has 0 aromatic heterocycles. The van der Waals surface area contributed by atoms with Gasteiger partial charge in [0.2, 0.25) is 5.91 Å². The van der Waals surface area contributed by atoms with Crippen LogP contribution in [0.2, 0.25) is 5.02 Å². The van der Waals surface area contributed by atoms with Crippen molar-refractivity contribution in [2.45, 2.75) is 31.4 Å². The summed E-state index contributed by atoms with van der Waals surface area (Å²) in [4.78, 5) is 14.5. The lowest BCUT2D eigenvalue weighted by Crippen LogP contribution is -2.57. The summed E-state index contributed by atoms with van der Waals surface area (Å²) >= 11 is 5.91. The second-order valence-electron chi connectivity index (χ2n) is 6.22. The van der Waals surface area contributed by atoms with E-state index in [1.807, 2.05) is 36.1 Å². The predicted octanol–water partition coefficient (Wildman–Crippen LogP) is 2.37. The molecule has 1 saturated heterocycles. The molecule has 0 bridgehead atoms. The highest BCUT2D eigenvalue weighted by Crippen LogP contribution is 2.39. The van der Waals surface area contributed by atoms with Crippen molar-refractivity contribution in [1.29, 1.82) is 0 Å². The Bertz CT molecular complexity index is 526. The second kappa shape index (κ2) is 5.59. The number of hydrogen-bond donors (Lipinski definition) is 1. The quantitative estimate of drug-likeness (QED) is 0.932. The van der Waals surface area contributed by atoms with Crippen LogP contribution in [-0.2, 0) is 9.53 Å². The van der Waals surface area contributed by atoms with Crippen LogP contribution in [-0.4, -0.2) is 36.0 Å². The summed E-state index contributed by atoms with van der Waals surface area (Å²) in [5, 5.41) is 0.700. The van der Waals surface area contributed by atoms with Gasteiger partial charge in [0.25, 0.3) is 0 Å². The third kappa shape index (κ3) is 3.07. The minimum absolute atomic E-state index is 0.0484. The number of halogens is 1. The first-order valence-corrected chi connectivity index (χ1v) is 7.81. The van der Waals surface area contributed by atoms with E-state index in [1.54, 1.807) is 0 Å². The highest BCUT2D eigenvalue weighted by Gasteiger charge is 2.46. The van der Waals surface area contributed by atoms with Gasteiger partial charge in [0.1, 0.15) is 6.10 Å². The average molecular weight is 309 g/mol. The van der Waals surface area contributed by atoms with Crippen molar-refractivity contribution in [3.8, 4) is 0 Å². The van der Waals surface area contributed by atoms with E-state index in [9.17, 15) is 4.79 Å². The highest BCUT2D eigenvalue weighted by atomic mass is 35.5. The monoisotopic (exact) mass is 308 g/mol. The summed E-state index contributed by atoms with van der Waals surface area (Å²) in [7, 11) is 0. The van der Waals surface area contributed by atoms with Gasteiger partial charge in [-0.15, -0.1) is 0 Å². The molecule has 1 heterocycles. The number of ether oxygens (including phenoxy) is 1. The number of nitrogens with two attached hydrogens (primary N) is 1. The second-order valence-corrected chi connectivity index (χ2v) is 6.66. The van der Waals surface area contributed by atoms with Gasteiger partial charge >= 0.3 is 0 Å². The van der Waals surface area contributed by atoms with Crippen molar-refractivity contribution in [2.24, 2.45) is 11.7 Å². The SMILES string of the molecule is CC(N)(C(=O)N1CCOC(c2ccc(Cl)cc2)C1)C1CC1. The van der Waals surface area contributed by atoms with E-state index in [-0.39, 0.29) is 12.0 Å². The van der Waals surface area contributed by atoms with Gasteiger partial charge < -0.3 is 15.4 Å². The first-order valence-electron chi connectivity index (χ1n) is 7.44. The van der Waals surface area contributed by atoms with Crippen LogP contribution in [0.5, 0.6) is 0 Å². The zero-order chi connectivity index (χ0) is 15.0. The lowest BCUT2D eigenvalue weighted by atomic mass is 9.94. The molecule has 0 spiro atoms. The fourth-order valence-corrected chi connectivity index (χ4v) is 3.04. The number of nitrogens with zero attached hydrogens (tertiary/aromatic N) is 1. The van der Waals surface area contributed by atoms with Crippen LogP contribution in [0, 0.1) is 5.92 Å². The number of amides is 1. The van der Waals surface area contributed by atoms with E-state index in [4.69, 9.17) is 22.1 Å². The summed E-state index contributed by atoms with van der Waals surface area (Å²) in [5.41, 5.74) is 6.56. The van der Waals surface area contributed by atoms with E-state index < -0.39 is 5.54 Å². The maximum atomic E-state index is 12.7. The minimum atomic E-state index is -0.734. The normalized spacial score (nSPS) is 25.5. The minimum Gasteiger partial charge on any atom is -0.370 e. The first-order chi connectivity index (χ1) is 9.98. The molecule has 2 fully saturated rings. The zero-order valence-corrected chi connectivity index (χ0v) is 13.0.